The number of thiophene rings is 1. The molecule has 3 heteroatoms. The van der Waals surface area contributed by atoms with Crippen molar-refractivity contribution in [1.82, 2.24) is 0 Å². The highest BCUT2D eigenvalue weighted by atomic mass is 79.9. The Bertz CT molecular complexity index is 274. The Morgan fingerprint density at radius 2 is 2.45 bits per heavy atom. The van der Waals surface area contributed by atoms with Crippen LogP contribution in [0.25, 0.3) is 0 Å². The molecule has 1 nitrogen and oxygen atoms in total. The maximum atomic E-state index is 8.73. The number of hydrogen-bond donors (Lipinski definition) is 0. The van der Waals surface area contributed by atoms with Gasteiger partial charge in [-0.1, -0.05) is 6.92 Å². The second-order valence-electron chi connectivity index (χ2n) is 2.23. The first-order chi connectivity index (χ1) is 5.27. The van der Waals surface area contributed by atoms with Gasteiger partial charge in [-0.25, -0.2) is 0 Å². The molecule has 0 radical (unpaired) electrons. The minimum Gasteiger partial charge on any atom is -0.198 e. The van der Waals surface area contributed by atoms with E-state index in [1.807, 2.05) is 19.1 Å². The summed E-state index contributed by atoms with van der Waals surface area (Å²) in [5, 5.41) is 8.73. The van der Waals surface area contributed by atoms with Crippen LogP contribution in [0.4, 0.5) is 0 Å². The zero-order chi connectivity index (χ0) is 8.27. The van der Waals surface area contributed by atoms with Crippen LogP contribution in [-0.4, -0.2) is 0 Å². The van der Waals surface area contributed by atoms with E-state index in [0.717, 1.165) is 15.1 Å². The predicted octanol–water partition coefficient (Wildman–Crippen LogP) is 3.53. The van der Waals surface area contributed by atoms with E-state index in [1.54, 1.807) is 11.3 Å². The molecule has 0 aliphatic heterocycles. The molecule has 58 valence electrons. The second-order valence-corrected chi connectivity index (χ2v) is 4.73. The van der Waals surface area contributed by atoms with Crippen LogP contribution in [0, 0.1) is 11.3 Å². The molecule has 1 aromatic rings. The number of halogens is 1. The van der Waals surface area contributed by atoms with Crippen molar-refractivity contribution in [3.8, 4) is 6.07 Å². The smallest absolute Gasteiger partial charge is 0.0803 e. The zero-order valence-corrected chi connectivity index (χ0v) is 8.58. The molecule has 1 atom stereocenters. The van der Waals surface area contributed by atoms with Gasteiger partial charge in [0.2, 0.25) is 0 Å². The molecule has 1 heterocycles. The molecule has 0 spiro atoms. The van der Waals surface area contributed by atoms with Crippen LogP contribution >= 0.6 is 27.3 Å². The first kappa shape index (κ1) is 8.76. The van der Waals surface area contributed by atoms with E-state index in [1.165, 1.54) is 0 Å². The second kappa shape index (κ2) is 3.89. The highest BCUT2D eigenvalue weighted by molar-refractivity contribution is 9.11. The molecule has 0 N–H and O–H groups in total. The Morgan fingerprint density at radius 1 is 1.73 bits per heavy atom. The molecular weight excluding hydrogens is 222 g/mol. The van der Waals surface area contributed by atoms with E-state index in [9.17, 15) is 0 Å². The van der Waals surface area contributed by atoms with Gasteiger partial charge in [0.05, 0.1) is 15.8 Å². The molecule has 1 aromatic heterocycles. The van der Waals surface area contributed by atoms with Gasteiger partial charge in [-0.05, 0) is 34.5 Å². The summed E-state index contributed by atoms with van der Waals surface area (Å²) in [4.78, 5) is 1.15. The molecule has 0 fully saturated rings. The van der Waals surface area contributed by atoms with Crippen molar-refractivity contribution < 1.29 is 0 Å². The molecule has 0 aliphatic carbocycles. The van der Waals surface area contributed by atoms with Gasteiger partial charge < -0.3 is 0 Å². The Kier molecular flexibility index (Phi) is 3.10. The summed E-state index contributed by atoms with van der Waals surface area (Å²) in [6.45, 7) is 2.03. The van der Waals surface area contributed by atoms with E-state index in [2.05, 4.69) is 22.0 Å². The van der Waals surface area contributed by atoms with Gasteiger partial charge in [0.15, 0.2) is 0 Å². The fraction of sp³-hybridized carbons (Fsp3) is 0.375. The van der Waals surface area contributed by atoms with Gasteiger partial charge in [0.1, 0.15) is 0 Å². The SMILES string of the molecule is CCC(C#N)c1ccc(Br)s1. The molecule has 0 saturated carbocycles. The van der Waals surface area contributed by atoms with E-state index in [-0.39, 0.29) is 5.92 Å². The third-order valence-electron chi connectivity index (χ3n) is 1.50. The first-order valence-electron chi connectivity index (χ1n) is 3.42. The summed E-state index contributed by atoms with van der Waals surface area (Å²) in [7, 11) is 0. The lowest BCUT2D eigenvalue weighted by Gasteiger charge is -1.99. The number of hydrogen-bond acceptors (Lipinski definition) is 2. The van der Waals surface area contributed by atoms with Gasteiger partial charge in [-0.3, -0.25) is 0 Å². The molecule has 0 bridgehead atoms. The maximum Gasteiger partial charge on any atom is 0.0803 e. The summed E-state index contributed by atoms with van der Waals surface area (Å²) < 4.78 is 1.10. The van der Waals surface area contributed by atoms with Gasteiger partial charge in [-0.2, -0.15) is 5.26 Å². The lowest BCUT2D eigenvalue weighted by molar-refractivity contribution is 0.834. The highest BCUT2D eigenvalue weighted by Gasteiger charge is 2.09. The topological polar surface area (TPSA) is 23.8 Å². The quantitative estimate of drug-likeness (QED) is 0.762. The maximum absolute atomic E-state index is 8.73. The molecule has 0 aromatic carbocycles. The Balaban J connectivity index is 2.84. The van der Waals surface area contributed by atoms with Crippen molar-refractivity contribution in [2.24, 2.45) is 0 Å². The summed E-state index contributed by atoms with van der Waals surface area (Å²) in [5.74, 6) is 0.0753. The van der Waals surface area contributed by atoms with Gasteiger partial charge >= 0.3 is 0 Å². The third-order valence-corrected chi connectivity index (χ3v) is 3.24. The predicted molar refractivity (Wildman–Crippen MR) is 50.7 cm³/mol. The molecule has 0 saturated heterocycles. The van der Waals surface area contributed by atoms with Crippen molar-refractivity contribution in [2.45, 2.75) is 19.3 Å². The Labute approximate surface area is 78.8 Å². The molecule has 0 aliphatic rings. The van der Waals surface area contributed by atoms with Crippen molar-refractivity contribution >= 4 is 27.3 Å². The van der Waals surface area contributed by atoms with Crippen LogP contribution in [0.3, 0.4) is 0 Å². The third kappa shape index (κ3) is 2.05. The lowest BCUT2D eigenvalue weighted by atomic mass is 10.1. The Morgan fingerprint density at radius 3 is 2.82 bits per heavy atom. The van der Waals surface area contributed by atoms with Crippen LogP contribution in [-0.2, 0) is 0 Å². The van der Waals surface area contributed by atoms with Crippen molar-refractivity contribution in [1.29, 1.82) is 5.26 Å². The van der Waals surface area contributed by atoms with Gasteiger partial charge in [0, 0.05) is 4.88 Å². The minimum absolute atomic E-state index is 0.0753. The van der Waals surface area contributed by atoms with Crippen molar-refractivity contribution in [2.75, 3.05) is 0 Å². The molecule has 11 heavy (non-hydrogen) atoms. The molecule has 1 rings (SSSR count). The monoisotopic (exact) mass is 229 g/mol. The van der Waals surface area contributed by atoms with Crippen LogP contribution in [0.1, 0.15) is 24.1 Å². The van der Waals surface area contributed by atoms with Gasteiger partial charge in [0.25, 0.3) is 0 Å². The van der Waals surface area contributed by atoms with Crippen LogP contribution in [0.2, 0.25) is 0 Å². The fourth-order valence-corrected chi connectivity index (χ4v) is 2.42. The summed E-state index contributed by atoms with van der Waals surface area (Å²) in [5.41, 5.74) is 0. The highest BCUT2D eigenvalue weighted by Crippen LogP contribution is 2.29. The van der Waals surface area contributed by atoms with E-state index >= 15 is 0 Å². The average Bonchev–Trinajstić information content (AvgIpc) is 2.39. The largest absolute Gasteiger partial charge is 0.198 e. The van der Waals surface area contributed by atoms with E-state index in [0.29, 0.717) is 0 Å². The average molecular weight is 230 g/mol. The van der Waals surface area contributed by atoms with Crippen LogP contribution < -0.4 is 0 Å². The lowest BCUT2D eigenvalue weighted by Crippen LogP contribution is -1.87. The summed E-state index contributed by atoms with van der Waals surface area (Å²) >= 11 is 5.01. The fourth-order valence-electron chi connectivity index (χ4n) is 0.872. The van der Waals surface area contributed by atoms with Crippen LogP contribution in [0.15, 0.2) is 15.9 Å². The summed E-state index contributed by atoms with van der Waals surface area (Å²) in [6, 6.07) is 6.26. The van der Waals surface area contributed by atoms with Crippen molar-refractivity contribution in [3.63, 3.8) is 0 Å². The molecule has 1 unspecified atom stereocenters. The van der Waals surface area contributed by atoms with E-state index < -0.39 is 0 Å². The Hall–Kier alpha value is -0.330. The number of rotatable bonds is 2. The molecule has 0 amide bonds. The van der Waals surface area contributed by atoms with Crippen LogP contribution in [0.5, 0.6) is 0 Å². The van der Waals surface area contributed by atoms with Gasteiger partial charge in [-0.15, -0.1) is 11.3 Å². The number of nitriles is 1. The minimum atomic E-state index is 0.0753. The summed E-state index contributed by atoms with van der Waals surface area (Å²) in [6.07, 6.45) is 0.892. The van der Waals surface area contributed by atoms with E-state index in [4.69, 9.17) is 5.26 Å². The normalized spacial score (nSPS) is 12.5. The zero-order valence-electron chi connectivity index (χ0n) is 6.17. The van der Waals surface area contributed by atoms with Crippen molar-refractivity contribution in [3.05, 3.63) is 20.8 Å². The first-order valence-corrected chi connectivity index (χ1v) is 5.03. The molecular formula is C8H8BrNS. The standard InChI is InChI=1S/C8H8BrNS/c1-2-6(5-10)7-3-4-8(9)11-7/h3-4,6H,2H2,1H3. The number of nitrogens with zero attached hydrogens (tertiary/aromatic N) is 1.